The molecular formula is C16H20N4O2. The molecule has 2 aromatic heterocycles. The fourth-order valence-corrected chi connectivity index (χ4v) is 3.25. The molecule has 2 atom stereocenters. The predicted molar refractivity (Wildman–Crippen MR) is 80.5 cm³/mol. The molecule has 3 heterocycles. The number of nitrogens with zero attached hydrogens (tertiary/aromatic N) is 1. The van der Waals surface area contributed by atoms with E-state index in [0.29, 0.717) is 18.4 Å². The van der Waals surface area contributed by atoms with Crippen molar-refractivity contribution in [2.45, 2.75) is 31.3 Å². The molecule has 0 spiro atoms. The first kappa shape index (κ1) is 13.6. The number of ether oxygens (including phenoxy) is 1. The van der Waals surface area contributed by atoms with E-state index in [1.165, 1.54) is 12.8 Å². The third kappa shape index (κ3) is 2.54. The van der Waals surface area contributed by atoms with Gasteiger partial charge in [0.15, 0.2) is 0 Å². The molecule has 1 saturated heterocycles. The third-order valence-corrected chi connectivity index (χ3v) is 4.61. The first-order chi connectivity index (χ1) is 10.8. The van der Waals surface area contributed by atoms with E-state index < -0.39 is 0 Å². The van der Waals surface area contributed by atoms with Crippen LogP contribution in [0.25, 0.3) is 0 Å². The summed E-state index contributed by atoms with van der Waals surface area (Å²) in [6.45, 7) is 1.35. The number of rotatable bonds is 5. The van der Waals surface area contributed by atoms with Gasteiger partial charge in [-0.2, -0.15) is 5.10 Å². The molecule has 1 aliphatic carbocycles. The molecule has 22 heavy (non-hydrogen) atoms. The number of aromatic amines is 2. The van der Waals surface area contributed by atoms with Crippen molar-refractivity contribution in [3.8, 4) is 0 Å². The summed E-state index contributed by atoms with van der Waals surface area (Å²) in [5.74, 6) is 0.853. The minimum absolute atomic E-state index is 0.00950. The van der Waals surface area contributed by atoms with Crippen molar-refractivity contribution in [1.29, 1.82) is 0 Å². The first-order valence-electron chi connectivity index (χ1n) is 7.88. The van der Waals surface area contributed by atoms with E-state index in [4.69, 9.17) is 4.74 Å². The summed E-state index contributed by atoms with van der Waals surface area (Å²) in [4.78, 5) is 15.5. The number of H-pyrrole nitrogens is 2. The molecule has 0 radical (unpaired) electrons. The van der Waals surface area contributed by atoms with Gasteiger partial charge in [0.2, 0.25) is 0 Å². The quantitative estimate of drug-likeness (QED) is 0.791. The van der Waals surface area contributed by atoms with Gasteiger partial charge < -0.3 is 15.0 Å². The van der Waals surface area contributed by atoms with Crippen LogP contribution in [0.2, 0.25) is 0 Å². The monoisotopic (exact) mass is 300 g/mol. The molecule has 2 aliphatic rings. The van der Waals surface area contributed by atoms with E-state index in [2.05, 4.69) is 20.5 Å². The van der Waals surface area contributed by atoms with Crippen molar-refractivity contribution in [1.82, 2.24) is 20.5 Å². The molecule has 1 aliphatic heterocycles. The Hall–Kier alpha value is -2.08. The average Bonchev–Trinajstić information content (AvgIpc) is 3.01. The Bertz CT molecular complexity index is 645. The summed E-state index contributed by atoms with van der Waals surface area (Å²) in [7, 11) is 0. The zero-order valence-corrected chi connectivity index (χ0v) is 12.3. The van der Waals surface area contributed by atoms with E-state index in [-0.39, 0.29) is 12.0 Å². The summed E-state index contributed by atoms with van der Waals surface area (Å²) in [5.41, 5.74) is 2.93. The van der Waals surface area contributed by atoms with Crippen LogP contribution in [0.15, 0.2) is 24.7 Å². The predicted octanol–water partition coefficient (Wildman–Crippen LogP) is 2.12. The van der Waals surface area contributed by atoms with E-state index >= 15 is 0 Å². The van der Waals surface area contributed by atoms with E-state index in [1.54, 1.807) is 6.20 Å². The lowest BCUT2D eigenvalue weighted by Gasteiger charge is -2.17. The van der Waals surface area contributed by atoms with Crippen LogP contribution < -0.4 is 5.32 Å². The molecule has 2 fully saturated rings. The van der Waals surface area contributed by atoms with Gasteiger partial charge >= 0.3 is 0 Å². The van der Waals surface area contributed by atoms with Crippen molar-refractivity contribution in [3.63, 3.8) is 0 Å². The summed E-state index contributed by atoms with van der Waals surface area (Å²) in [5, 5.41) is 9.86. The number of hydrogen-bond donors (Lipinski definition) is 3. The highest BCUT2D eigenvalue weighted by Crippen LogP contribution is 2.41. The van der Waals surface area contributed by atoms with Crippen LogP contribution in [0.4, 0.5) is 0 Å². The number of nitrogens with one attached hydrogen (secondary N) is 3. The van der Waals surface area contributed by atoms with Crippen LogP contribution in [0, 0.1) is 5.92 Å². The van der Waals surface area contributed by atoms with Gasteiger partial charge in [-0.15, -0.1) is 0 Å². The van der Waals surface area contributed by atoms with Crippen molar-refractivity contribution in [2.24, 2.45) is 5.92 Å². The largest absolute Gasteiger partial charge is 0.373 e. The summed E-state index contributed by atoms with van der Waals surface area (Å²) in [6.07, 6.45) is 8.87. The van der Waals surface area contributed by atoms with E-state index in [1.807, 2.05) is 18.5 Å². The summed E-state index contributed by atoms with van der Waals surface area (Å²) >= 11 is 0. The zero-order chi connectivity index (χ0) is 14.9. The van der Waals surface area contributed by atoms with Crippen LogP contribution in [0.3, 0.4) is 0 Å². The Kier molecular flexibility index (Phi) is 3.46. The molecule has 0 aromatic carbocycles. The van der Waals surface area contributed by atoms with Crippen LogP contribution in [0.1, 0.15) is 52.9 Å². The fraction of sp³-hybridized carbons (Fsp3) is 0.500. The summed E-state index contributed by atoms with van der Waals surface area (Å²) < 4.78 is 5.79. The Labute approximate surface area is 128 Å². The molecule has 6 heteroatoms. The number of amides is 1. The lowest BCUT2D eigenvalue weighted by Crippen LogP contribution is -2.31. The maximum Gasteiger partial charge on any atom is 0.268 e. The van der Waals surface area contributed by atoms with Gasteiger partial charge in [-0.05, 0) is 36.8 Å². The molecule has 6 nitrogen and oxygen atoms in total. The topological polar surface area (TPSA) is 82.8 Å². The number of carbonyl (C=O) groups is 1. The third-order valence-electron chi connectivity index (χ3n) is 4.61. The standard InChI is InChI=1S/C16H20N4O2/c21-16(14-13(3-5-17-14)10-1-2-10)18-7-11-4-6-22-15(11)12-8-19-20-9-12/h3,5,8-11,15,17H,1-2,4,6-7H2,(H,18,21)(H,19,20)/t11-,15+/m1/s1. The SMILES string of the molecule is O=C(NC[C@H]1CCO[C@@H]1c1cn[nH]c1)c1[nH]ccc1C1CC1. The normalized spacial score (nSPS) is 24.5. The lowest BCUT2D eigenvalue weighted by atomic mass is 9.97. The van der Waals surface area contributed by atoms with Gasteiger partial charge in [0.25, 0.3) is 5.91 Å². The second kappa shape index (κ2) is 5.61. The number of hydrogen-bond acceptors (Lipinski definition) is 3. The zero-order valence-electron chi connectivity index (χ0n) is 12.3. The molecule has 116 valence electrons. The van der Waals surface area contributed by atoms with Crippen LogP contribution in [-0.2, 0) is 4.74 Å². The Morgan fingerprint density at radius 1 is 1.41 bits per heavy atom. The number of aromatic nitrogens is 3. The highest BCUT2D eigenvalue weighted by molar-refractivity contribution is 5.94. The van der Waals surface area contributed by atoms with Gasteiger partial charge in [-0.1, -0.05) is 0 Å². The average molecular weight is 300 g/mol. The van der Waals surface area contributed by atoms with Gasteiger partial charge in [0, 0.05) is 37.0 Å². The Morgan fingerprint density at radius 2 is 2.32 bits per heavy atom. The van der Waals surface area contributed by atoms with Crippen molar-refractivity contribution < 1.29 is 9.53 Å². The van der Waals surface area contributed by atoms with Crippen LogP contribution in [-0.4, -0.2) is 34.2 Å². The molecular weight excluding hydrogens is 280 g/mol. The fourth-order valence-electron chi connectivity index (χ4n) is 3.25. The summed E-state index contributed by atoms with van der Waals surface area (Å²) in [6, 6.07) is 2.03. The van der Waals surface area contributed by atoms with Crippen molar-refractivity contribution >= 4 is 5.91 Å². The van der Waals surface area contributed by atoms with Gasteiger partial charge in [-0.3, -0.25) is 9.89 Å². The smallest absolute Gasteiger partial charge is 0.268 e. The second-order valence-electron chi connectivity index (χ2n) is 6.16. The van der Waals surface area contributed by atoms with Gasteiger partial charge in [0.1, 0.15) is 5.69 Å². The molecule has 0 unspecified atom stereocenters. The van der Waals surface area contributed by atoms with E-state index in [0.717, 1.165) is 29.8 Å². The molecule has 2 aromatic rings. The molecule has 1 saturated carbocycles. The Balaban J connectivity index is 1.39. The first-order valence-corrected chi connectivity index (χ1v) is 7.88. The minimum Gasteiger partial charge on any atom is -0.373 e. The van der Waals surface area contributed by atoms with Crippen molar-refractivity contribution in [2.75, 3.05) is 13.2 Å². The maximum absolute atomic E-state index is 12.4. The minimum atomic E-state index is -0.00950. The van der Waals surface area contributed by atoms with Crippen molar-refractivity contribution in [3.05, 3.63) is 41.5 Å². The lowest BCUT2D eigenvalue weighted by molar-refractivity contribution is 0.0844. The van der Waals surface area contributed by atoms with Gasteiger partial charge in [-0.25, -0.2) is 0 Å². The molecule has 4 rings (SSSR count). The second-order valence-corrected chi connectivity index (χ2v) is 6.16. The number of carbonyl (C=O) groups excluding carboxylic acids is 1. The molecule has 0 bridgehead atoms. The maximum atomic E-state index is 12.4. The highest BCUT2D eigenvalue weighted by Gasteiger charge is 2.32. The molecule has 3 N–H and O–H groups in total. The Morgan fingerprint density at radius 3 is 3.09 bits per heavy atom. The highest BCUT2D eigenvalue weighted by atomic mass is 16.5. The van der Waals surface area contributed by atoms with E-state index in [9.17, 15) is 4.79 Å². The van der Waals surface area contributed by atoms with Gasteiger partial charge in [0.05, 0.1) is 12.3 Å². The molecule has 1 amide bonds. The van der Waals surface area contributed by atoms with Crippen LogP contribution in [0.5, 0.6) is 0 Å². The van der Waals surface area contributed by atoms with Crippen LogP contribution >= 0.6 is 0 Å².